The lowest BCUT2D eigenvalue weighted by Gasteiger charge is -2.08. The minimum absolute atomic E-state index is 0.264. The summed E-state index contributed by atoms with van der Waals surface area (Å²) in [6, 6.07) is 10.6. The molecule has 0 aliphatic rings. The van der Waals surface area contributed by atoms with Gasteiger partial charge in [0.2, 0.25) is 0 Å². The second-order valence-corrected chi connectivity index (χ2v) is 4.89. The molecule has 0 fully saturated rings. The summed E-state index contributed by atoms with van der Waals surface area (Å²) >= 11 is 11.7. The summed E-state index contributed by atoms with van der Waals surface area (Å²) in [6.07, 6.45) is 2.29. The molecule has 0 atom stereocenters. The van der Waals surface area contributed by atoms with Crippen molar-refractivity contribution in [1.29, 1.82) is 0 Å². The number of carbonyl (C=O) groups excluding carboxylic acids is 1. The van der Waals surface area contributed by atoms with Crippen LogP contribution in [0.1, 0.15) is 5.56 Å². The summed E-state index contributed by atoms with van der Waals surface area (Å²) < 4.78 is 0. The molecule has 0 aliphatic carbocycles. The van der Waals surface area contributed by atoms with E-state index in [-0.39, 0.29) is 11.2 Å². The fourth-order valence-electron chi connectivity index (χ4n) is 1.62. The van der Waals surface area contributed by atoms with Gasteiger partial charge in [0.25, 0.3) is 0 Å². The third-order valence-electron chi connectivity index (χ3n) is 2.62. The van der Waals surface area contributed by atoms with Crippen LogP contribution in [0.25, 0.3) is 0 Å². The van der Waals surface area contributed by atoms with Crippen LogP contribution < -0.4 is 10.6 Å². The van der Waals surface area contributed by atoms with E-state index in [0.29, 0.717) is 17.3 Å². The Hall–Kier alpha value is -1.78. The Morgan fingerprint density at radius 3 is 2.60 bits per heavy atom. The fourth-order valence-corrected chi connectivity index (χ4v) is 1.91. The quantitative estimate of drug-likeness (QED) is 0.845. The predicted octanol–water partition coefficient (Wildman–Crippen LogP) is 3.75. The molecule has 1 aromatic carbocycles. The van der Waals surface area contributed by atoms with Gasteiger partial charge in [-0.2, -0.15) is 0 Å². The van der Waals surface area contributed by atoms with E-state index < -0.39 is 0 Å². The molecular formula is C14H13Cl2N3O. The molecule has 0 saturated heterocycles. The average Bonchev–Trinajstić information content (AvgIpc) is 2.44. The summed E-state index contributed by atoms with van der Waals surface area (Å²) in [4.78, 5) is 15.6. The zero-order valence-corrected chi connectivity index (χ0v) is 12.1. The maximum Gasteiger partial charge on any atom is 0.319 e. The molecule has 2 N–H and O–H groups in total. The largest absolute Gasteiger partial charge is 0.338 e. The molecule has 1 heterocycles. The summed E-state index contributed by atoms with van der Waals surface area (Å²) in [6.45, 7) is 0.519. The number of amides is 2. The number of halogens is 2. The van der Waals surface area contributed by atoms with Gasteiger partial charge in [-0.05, 0) is 36.2 Å². The lowest BCUT2D eigenvalue weighted by molar-refractivity contribution is 0.252. The first-order valence-corrected chi connectivity index (χ1v) is 6.80. The summed E-state index contributed by atoms with van der Waals surface area (Å²) in [5.74, 6) is 0. The molecule has 0 unspecified atom stereocenters. The maximum atomic E-state index is 11.7. The van der Waals surface area contributed by atoms with Crippen LogP contribution in [0, 0.1) is 0 Å². The van der Waals surface area contributed by atoms with Crippen LogP contribution in [0.3, 0.4) is 0 Å². The molecule has 0 spiro atoms. The van der Waals surface area contributed by atoms with Crippen LogP contribution in [-0.2, 0) is 6.42 Å². The number of rotatable bonds is 4. The highest BCUT2D eigenvalue weighted by Gasteiger charge is 2.05. The van der Waals surface area contributed by atoms with Crippen molar-refractivity contribution in [1.82, 2.24) is 10.3 Å². The Morgan fingerprint density at radius 1 is 1.15 bits per heavy atom. The van der Waals surface area contributed by atoms with Gasteiger partial charge in [-0.1, -0.05) is 35.3 Å². The molecule has 104 valence electrons. The van der Waals surface area contributed by atoms with Gasteiger partial charge in [-0.15, -0.1) is 0 Å². The second-order valence-electron chi connectivity index (χ2n) is 4.10. The molecule has 0 radical (unpaired) electrons. The zero-order valence-electron chi connectivity index (χ0n) is 10.6. The van der Waals surface area contributed by atoms with Gasteiger partial charge in [0.05, 0.1) is 5.69 Å². The number of pyridine rings is 1. The van der Waals surface area contributed by atoms with E-state index in [9.17, 15) is 4.79 Å². The van der Waals surface area contributed by atoms with Crippen LogP contribution in [0.15, 0.2) is 42.6 Å². The topological polar surface area (TPSA) is 54.0 Å². The molecule has 4 nitrogen and oxygen atoms in total. The van der Waals surface area contributed by atoms with Gasteiger partial charge >= 0.3 is 6.03 Å². The van der Waals surface area contributed by atoms with Crippen molar-refractivity contribution in [2.24, 2.45) is 0 Å². The van der Waals surface area contributed by atoms with Crippen molar-refractivity contribution in [3.05, 3.63) is 58.3 Å². The van der Waals surface area contributed by atoms with Crippen molar-refractivity contribution < 1.29 is 4.79 Å². The van der Waals surface area contributed by atoms with Gasteiger partial charge in [-0.3, -0.25) is 0 Å². The number of carbonyl (C=O) groups is 1. The number of benzene rings is 1. The molecule has 6 heteroatoms. The van der Waals surface area contributed by atoms with E-state index in [0.717, 1.165) is 12.0 Å². The normalized spacial score (nSPS) is 10.1. The SMILES string of the molecule is O=C(NCCc1ccc(Cl)cc1)Nc1cccnc1Cl. The van der Waals surface area contributed by atoms with Crippen LogP contribution in [0.4, 0.5) is 10.5 Å². The molecule has 0 saturated carbocycles. The minimum atomic E-state index is -0.311. The number of aromatic nitrogens is 1. The standard InChI is InChI=1S/C14H13Cl2N3O/c15-11-5-3-10(4-6-11)7-9-18-14(20)19-12-2-1-8-17-13(12)16/h1-6,8H,7,9H2,(H2,18,19,20). The average molecular weight is 310 g/mol. The van der Waals surface area contributed by atoms with Crippen molar-refractivity contribution in [3.8, 4) is 0 Å². The van der Waals surface area contributed by atoms with E-state index in [2.05, 4.69) is 15.6 Å². The fraction of sp³-hybridized carbons (Fsp3) is 0.143. The first-order valence-electron chi connectivity index (χ1n) is 6.05. The Labute approximate surface area is 127 Å². The molecule has 20 heavy (non-hydrogen) atoms. The number of nitrogens with zero attached hydrogens (tertiary/aromatic N) is 1. The van der Waals surface area contributed by atoms with Gasteiger partial charge < -0.3 is 10.6 Å². The highest BCUT2D eigenvalue weighted by molar-refractivity contribution is 6.32. The molecule has 2 amide bonds. The summed E-state index contributed by atoms with van der Waals surface area (Å²) in [5.41, 5.74) is 1.59. The van der Waals surface area contributed by atoms with E-state index in [1.54, 1.807) is 18.3 Å². The van der Waals surface area contributed by atoms with Gasteiger partial charge in [0.1, 0.15) is 0 Å². The zero-order chi connectivity index (χ0) is 14.4. The molecular weight excluding hydrogens is 297 g/mol. The van der Waals surface area contributed by atoms with Crippen molar-refractivity contribution in [2.75, 3.05) is 11.9 Å². The van der Waals surface area contributed by atoms with Crippen molar-refractivity contribution >= 4 is 34.9 Å². The van der Waals surface area contributed by atoms with Gasteiger partial charge in [0, 0.05) is 17.8 Å². The smallest absolute Gasteiger partial charge is 0.319 e. The van der Waals surface area contributed by atoms with E-state index in [1.165, 1.54) is 0 Å². The van der Waals surface area contributed by atoms with Crippen LogP contribution in [0.5, 0.6) is 0 Å². The Morgan fingerprint density at radius 2 is 1.90 bits per heavy atom. The highest BCUT2D eigenvalue weighted by atomic mass is 35.5. The lowest BCUT2D eigenvalue weighted by Crippen LogP contribution is -2.30. The molecule has 2 rings (SSSR count). The van der Waals surface area contributed by atoms with Crippen molar-refractivity contribution in [3.63, 3.8) is 0 Å². The Balaban J connectivity index is 1.78. The number of nitrogens with one attached hydrogen (secondary N) is 2. The Kier molecular flexibility index (Phi) is 5.21. The van der Waals surface area contributed by atoms with E-state index >= 15 is 0 Å². The molecule has 0 aliphatic heterocycles. The number of hydrogen-bond acceptors (Lipinski definition) is 2. The monoisotopic (exact) mass is 309 g/mol. The lowest BCUT2D eigenvalue weighted by atomic mass is 10.1. The molecule has 1 aromatic heterocycles. The molecule has 2 aromatic rings. The van der Waals surface area contributed by atoms with E-state index in [4.69, 9.17) is 23.2 Å². The van der Waals surface area contributed by atoms with Gasteiger partial charge in [0.15, 0.2) is 5.15 Å². The number of anilines is 1. The number of hydrogen-bond donors (Lipinski definition) is 2. The van der Waals surface area contributed by atoms with Crippen LogP contribution in [0.2, 0.25) is 10.2 Å². The summed E-state index contributed by atoms with van der Waals surface area (Å²) in [7, 11) is 0. The Bertz CT molecular complexity index is 587. The number of urea groups is 1. The van der Waals surface area contributed by atoms with Crippen LogP contribution in [-0.4, -0.2) is 17.6 Å². The maximum absolute atomic E-state index is 11.7. The predicted molar refractivity (Wildman–Crippen MR) is 81.4 cm³/mol. The van der Waals surface area contributed by atoms with E-state index in [1.807, 2.05) is 24.3 Å². The van der Waals surface area contributed by atoms with Gasteiger partial charge in [-0.25, -0.2) is 9.78 Å². The third kappa shape index (κ3) is 4.40. The summed E-state index contributed by atoms with van der Waals surface area (Å²) in [5, 5.41) is 6.36. The first kappa shape index (κ1) is 14.6. The van der Waals surface area contributed by atoms with Crippen molar-refractivity contribution in [2.45, 2.75) is 6.42 Å². The molecule has 0 bridgehead atoms. The second kappa shape index (κ2) is 7.12. The van der Waals surface area contributed by atoms with Crippen LogP contribution >= 0.6 is 23.2 Å². The minimum Gasteiger partial charge on any atom is -0.338 e. The first-order chi connectivity index (χ1) is 9.65. The highest BCUT2D eigenvalue weighted by Crippen LogP contribution is 2.16. The third-order valence-corrected chi connectivity index (χ3v) is 3.17.